The third-order valence-electron chi connectivity index (χ3n) is 3.53. The quantitative estimate of drug-likeness (QED) is 0.725. The van der Waals surface area contributed by atoms with Crippen LogP contribution in [0.1, 0.15) is 20.9 Å². The van der Waals surface area contributed by atoms with Crippen molar-refractivity contribution in [3.05, 3.63) is 76.5 Å². The molecular weight excluding hydrogens is 294 g/mol. The number of aryl methyl sites for hydroxylation is 1. The lowest BCUT2D eigenvalue weighted by Crippen LogP contribution is -2.30. The number of aromatic nitrogens is 2. The topological polar surface area (TPSA) is 38.1 Å². The summed E-state index contributed by atoms with van der Waals surface area (Å²) in [6, 6.07) is 11.7. The molecule has 1 amide bonds. The predicted octanol–water partition coefficient (Wildman–Crippen LogP) is 3.32. The fourth-order valence-corrected chi connectivity index (χ4v) is 3.04. The van der Waals surface area contributed by atoms with Crippen molar-refractivity contribution in [1.82, 2.24) is 14.5 Å². The monoisotopic (exact) mass is 311 g/mol. The molecule has 0 aliphatic rings. The van der Waals surface area contributed by atoms with Crippen LogP contribution in [0, 0.1) is 0 Å². The maximum atomic E-state index is 12.8. The number of amides is 1. The van der Waals surface area contributed by atoms with Crippen molar-refractivity contribution in [2.45, 2.75) is 13.1 Å². The molecule has 112 valence electrons. The van der Waals surface area contributed by atoms with Gasteiger partial charge in [-0.1, -0.05) is 6.07 Å². The summed E-state index contributed by atoms with van der Waals surface area (Å²) in [5.74, 6) is 0.00250. The van der Waals surface area contributed by atoms with Crippen LogP contribution in [-0.2, 0) is 20.1 Å². The molecule has 4 nitrogen and oxygen atoms in total. The van der Waals surface area contributed by atoms with Gasteiger partial charge in [-0.15, -0.1) is 11.3 Å². The Morgan fingerprint density at radius 3 is 2.77 bits per heavy atom. The highest BCUT2D eigenvalue weighted by Crippen LogP contribution is 2.17. The molecule has 0 spiro atoms. The first-order chi connectivity index (χ1) is 10.7. The maximum absolute atomic E-state index is 12.8. The average Bonchev–Trinajstić information content (AvgIpc) is 3.19. The van der Waals surface area contributed by atoms with Gasteiger partial charge in [0.1, 0.15) is 0 Å². The van der Waals surface area contributed by atoms with Gasteiger partial charge in [0.05, 0.1) is 18.7 Å². The molecule has 0 fully saturated rings. The van der Waals surface area contributed by atoms with E-state index >= 15 is 0 Å². The zero-order valence-electron chi connectivity index (χ0n) is 12.3. The van der Waals surface area contributed by atoms with Gasteiger partial charge in [-0.25, -0.2) is 0 Å². The Balaban J connectivity index is 1.85. The van der Waals surface area contributed by atoms with Crippen molar-refractivity contribution in [2.75, 3.05) is 0 Å². The molecule has 3 aromatic rings. The first-order valence-electron chi connectivity index (χ1n) is 7.06. The standard InChI is InChI=1S/C17H17N3OS/c1-19-9-3-6-15(19)12-20(13-16-7-4-10-22-16)17(21)14-5-2-8-18-11-14/h2-11H,12-13H2,1H3. The molecule has 0 radical (unpaired) electrons. The summed E-state index contributed by atoms with van der Waals surface area (Å²) >= 11 is 1.66. The van der Waals surface area contributed by atoms with E-state index < -0.39 is 0 Å². The normalized spacial score (nSPS) is 10.6. The second kappa shape index (κ2) is 6.58. The smallest absolute Gasteiger partial charge is 0.256 e. The van der Waals surface area contributed by atoms with Gasteiger partial charge >= 0.3 is 0 Å². The molecule has 0 unspecified atom stereocenters. The molecule has 0 saturated carbocycles. The van der Waals surface area contributed by atoms with E-state index in [2.05, 4.69) is 11.1 Å². The molecular formula is C17H17N3OS. The van der Waals surface area contributed by atoms with Gasteiger partial charge in [-0.05, 0) is 35.7 Å². The predicted molar refractivity (Wildman–Crippen MR) is 87.5 cm³/mol. The Kier molecular flexibility index (Phi) is 4.34. The highest BCUT2D eigenvalue weighted by molar-refractivity contribution is 7.09. The first-order valence-corrected chi connectivity index (χ1v) is 7.94. The molecule has 5 heteroatoms. The largest absolute Gasteiger partial charge is 0.353 e. The second-order valence-electron chi connectivity index (χ2n) is 5.09. The molecule has 3 aromatic heterocycles. The molecule has 3 heterocycles. The first kappa shape index (κ1) is 14.5. The van der Waals surface area contributed by atoms with Crippen LogP contribution in [0.15, 0.2) is 60.4 Å². The van der Waals surface area contributed by atoms with Crippen molar-refractivity contribution >= 4 is 17.2 Å². The maximum Gasteiger partial charge on any atom is 0.256 e. The van der Waals surface area contributed by atoms with Crippen LogP contribution >= 0.6 is 11.3 Å². The van der Waals surface area contributed by atoms with Gasteiger partial charge in [0, 0.05) is 36.2 Å². The van der Waals surface area contributed by atoms with Crippen LogP contribution in [-0.4, -0.2) is 20.4 Å². The van der Waals surface area contributed by atoms with E-state index in [0.29, 0.717) is 18.7 Å². The highest BCUT2D eigenvalue weighted by atomic mass is 32.1. The van der Waals surface area contributed by atoms with E-state index in [9.17, 15) is 4.79 Å². The second-order valence-corrected chi connectivity index (χ2v) is 6.12. The van der Waals surface area contributed by atoms with E-state index in [1.54, 1.807) is 29.8 Å². The number of thiophene rings is 1. The third kappa shape index (κ3) is 3.26. The Labute approximate surface area is 133 Å². The number of carbonyl (C=O) groups is 1. The lowest BCUT2D eigenvalue weighted by atomic mass is 10.2. The summed E-state index contributed by atoms with van der Waals surface area (Å²) in [6.07, 6.45) is 5.29. The van der Waals surface area contributed by atoms with Crippen LogP contribution in [0.2, 0.25) is 0 Å². The number of nitrogens with zero attached hydrogens (tertiary/aromatic N) is 3. The minimum Gasteiger partial charge on any atom is -0.353 e. The lowest BCUT2D eigenvalue weighted by Gasteiger charge is -2.22. The van der Waals surface area contributed by atoms with Crippen LogP contribution in [0.5, 0.6) is 0 Å². The van der Waals surface area contributed by atoms with E-state index in [-0.39, 0.29) is 5.91 Å². The molecule has 3 rings (SSSR count). The van der Waals surface area contributed by atoms with Gasteiger partial charge in [0.25, 0.3) is 5.91 Å². The summed E-state index contributed by atoms with van der Waals surface area (Å²) in [5.41, 5.74) is 1.72. The van der Waals surface area contributed by atoms with Crippen LogP contribution < -0.4 is 0 Å². The Morgan fingerprint density at radius 1 is 1.23 bits per heavy atom. The molecule has 0 N–H and O–H groups in total. The van der Waals surface area contributed by atoms with E-state index in [0.717, 1.165) is 5.69 Å². The summed E-state index contributed by atoms with van der Waals surface area (Å²) < 4.78 is 2.04. The number of hydrogen-bond acceptors (Lipinski definition) is 3. The minimum absolute atomic E-state index is 0.00250. The zero-order valence-corrected chi connectivity index (χ0v) is 13.2. The van der Waals surface area contributed by atoms with E-state index in [1.165, 1.54) is 4.88 Å². The zero-order chi connectivity index (χ0) is 15.4. The molecule has 22 heavy (non-hydrogen) atoms. The summed E-state index contributed by atoms with van der Waals surface area (Å²) in [5, 5.41) is 2.03. The highest BCUT2D eigenvalue weighted by Gasteiger charge is 2.18. The van der Waals surface area contributed by atoms with Gasteiger partial charge in [-0.3, -0.25) is 9.78 Å². The molecule has 0 atom stereocenters. The van der Waals surface area contributed by atoms with Crippen molar-refractivity contribution in [2.24, 2.45) is 7.05 Å². The van der Waals surface area contributed by atoms with Crippen molar-refractivity contribution in [3.63, 3.8) is 0 Å². The summed E-state index contributed by atoms with van der Waals surface area (Å²) in [7, 11) is 1.99. The fraction of sp³-hybridized carbons (Fsp3) is 0.176. The van der Waals surface area contributed by atoms with E-state index in [4.69, 9.17) is 0 Å². The number of hydrogen-bond donors (Lipinski definition) is 0. The Bertz CT molecular complexity index is 734. The molecule has 0 saturated heterocycles. The summed E-state index contributed by atoms with van der Waals surface area (Å²) in [4.78, 5) is 19.9. The van der Waals surface area contributed by atoms with Crippen LogP contribution in [0.3, 0.4) is 0 Å². The van der Waals surface area contributed by atoms with Gasteiger partial charge in [0.15, 0.2) is 0 Å². The van der Waals surface area contributed by atoms with Crippen LogP contribution in [0.4, 0.5) is 0 Å². The minimum atomic E-state index is 0.00250. The van der Waals surface area contributed by atoms with Gasteiger partial charge in [0.2, 0.25) is 0 Å². The number of rotatable bonds is 5. The molecule has 0 aliphatic carbocycles. The SMILES string of the molecule is Cn1cccc1CN(Cc1cccs1)C(=O)c1cccnc1. The Hall–Kier alpha value is -2.40. The lowest BCUT2D eigenvalue weighted by molar-refractivity contribution is 0.0728. The van der Waals surface area contributed by atoms with Gasteiger partial charge in [-0.2, -0.15) is 0 Å². The number of carbonyl (C=O) groups excluding carboxylic acids is 1. The van der Waals surface area contributed by atoms with Crippen molar-refractivity contribution < 1.29 is 4.79 Å². The van der Waals surface area contributed by atoms with Crippen LogP contribution in [0.25, 0.3) is 0 Å². The number of pyridine rings is 1. The average molecular weight is 311 g/mol. The third-order valence-corrected chi connectivity index (χ3v) is 4.39. The van der Waals surface area contributed by atoms with Crippen molar-refractivity contribution in [3.8, 4) is 0 Å². The van der Waals surface area contributed by atoms with Gasteiger partial charge < -0.3 is 9.47 Å². The molecule has 0 aliphatic heterocycles. The molecule has 0 bridgehead atoms. The fourth-order valence-electron chi connectivity index (χ4n) is 2.32. The summed E-state index contributed by atoms with van der Waals surface area (Å²) in [6.45, 7) is 1.19. The van der Waals surface area contributed by atoms with E-state index in [1.807, 2.05) is 52.4 Å². The van der Waals surface area contributed by atoms with Crippen molar-refractivity contribution in [1.29, 1.82) is 0 Å². The Morgan fingerprint density at radius 2 is 2.14 bits per heavy atom. The molecule has 0 aromatic carbocycles.